The van der Waals surface area contributed by atoms with Crippen LogP contribution >= 0.6 is 11.8 Å². The third-order valence-electron chi connectivity index (χ3n) is 3.15. The fourth-order valence-corrected chi connectivity index (χ4v) is 3.49. The zero-order valence-corrected chi connectivity index (χ0v) is 7.95. The van der Waals surface area contributed by atoms with Crippen molar-refractivity contribution in [3.63, 3.8) is 0 Å². The van der Waals surface area contributed by atoms with Gasteiger partial charge >= 0.3 is 0 Å². The predicted octanol–water partition coefficient (Wildman–Crippen LogP) is 2.45. The van der Waals surface area contributed by atoms with Gasteiger partial charge in [0.1, 0.15) is 0 Å². The lowest BCUT2D eigenvalue weighted by Crippen LogP contribution is -2.37. The first-order valence-corrected chi connectivity index (χ1v) is 5.77. The smallest absolute Gasteiger partial charge is 0.0722 e. The Kier molecular flexibility index (Phi) is 2.15. The lowest BCUT2D eigenvalue weighted by molar-refractivity contribution is 0.0759. The lowest BCUT2D eigenvalue weighted by atomic mass is 9.85. The summed E-state index contributed by atoms with van der Waals surface area (Å²) in [4.78, 5) is 0. The van der Waals surface area contributed by atoms with Gasteiger partial charge in [0.2, 0.25) is 0 Å². The number of rotatable bonds is 1. The van der Waals surface area contributed by atoms with Gasteiger partial charge in [-0.05, 0) is 25.5 Å². The van der Waals surface area contributed by atoms with E-state index >= 15 is 0 Å². The van der Waals surface area contributed by atoms with Gasteiger partial charge in [-0.15, -0.1) is 0 Å². The second-order valence-corrected chi connectivity index (χ2v) is 4.85. The van der Waals surface area contributed by atoms with E-state index in [1.807, 2.05) is 11.8 Å². The molecule has 2 unspecified atom stereocenters. The number of hydrogen-bond acceptors (Lipinski definition) is 2. The maximum Gasteiger partial charge on any atom is 0.0722 e. The van der Waals surface area contributed by atoms with Gasteiger partial charge < -0.3 is 4.74 Å². The Morgan fingerprint density at radius 3 is 3.00 bits per heavy atom. The molecular formula is C9H16OS. The summed E-state index contributed by atoms with van der Waals surface area (Å²) in [6, 6.07) is 0. The minimum Gasteiger partial charge on any atom is -0.377 e. The quantitative estimate of drug-likeness (QED) is 0.601. The zero-order valence-electron chi connectivity index (χ0n) is 7.14. The fraction of sp³-hybridized carbons (Fsp3) is 1.00. The van der Waals surface area contributed by atoms with Gasteiger partial charge in [-0.2, -0.15) is 11.8 Å². The van der Waals surface area contributed by atoms with Crippen LogP contribution in [0.5, 0.6) is 0 Å². The van der Waals surface area contributed by atoms with E-state index in [4.69, 9.17) is 4.74 Å². The third kappa shape index (κ3) is 1.20. The average molecular weight is 172 g/mol. The molecule has 2 aliphatic rings. The molecule has 11 heavy (non-hydrogen) atoms. The van der Waals surface area contributed by atoms with Crippen molar-refractivity contribution in [1.29, 1.82) is 0 Å². The summed E-state index contributed by atoms with van der Waals surface area (Å²) in [5, 5.41) is 0. The highest BCUT2D eigenvalue weighted by Gasteiger charge is 2.44. The molecule has 2 rings (SSSR count). The summed E-state index contributed by atoms with van der Waals surface area (Å²) in [6.07, 6.45) is 9.62. The topological polar surface area (TPSA) is 9.23 Å². The second kappa shape index (κ2) is 2.98. The van der Waals surface area contributed by atoms with E-state index in [1.54, 1.807) is 0 Å². The van der Waals surface area contributed by atoms with E-state index < -0.39 is 0 Å². The molecule has 0 amide bonds. The van der Waals surface area contributed by atoms with Gasteiger partial charge in [0.05, 0.1) is 6.10 Å². The molecule has 1 aliphatic carbocycles. The van der Waals surface area contributed by atoms with Crippen molar-refractivity contribution in [2.45, 2.75) is 43.0 Å². The van der Waals surface area contributed by atoms with Crippen LogP contribution in [-0.2, 0) is 4.74 Å². The maximum atomic E-state index is 5.73. The Balaban J connectivity index is 2.12. The van der Waals surface area contributed by atoms with Crippen molar-refractivity contribution in [3.8, 4) is 0 Å². The number of fused-ring (bicyclic) bond motifs is 1. The largest absolute Gasteiger partial charge is 0.377 e. The van der Waals surface area contributed by atoms with Gasteiger partial charge in [-0.1, -0.05) is 12.8 Å². The summed E-state index contributed by atoms with van der Waals surface area (Å²) in [7, 11) is 0. The van der Waals surface area contributed by atoms with Crippen molar-refractivity contribution < 1.29 is 4.74 Å². The molecule has 2 heteroatoms. The molecule has 0 radical (unpaired) electrons. The number of thioether (sulfide) groups is 1. The van der Waals surface area contributed by atoms with Crippen LogP contribution in [0.4, 0.5) is 0 Å². The molecule has 1 saturated heterocycles. The molecule has 1 heterocycles. The Morgan fingerprint density at radius 1 is 1.36 bits per heavy atom. The minimum absolute atomic E-state index is 0.526. The molecule has 0 aromatic rings. The summed E-state index contributed by atoms with van der Waals surface area (Å²) in [5.74, 6) is 0. The van der Waals surface area contributed by atoms with E-state index in [1.165, 1.54) is 32.1 Å². The van der Waals surface area contributed by atoms with Crippen LogP contribution in [0.3, 0.4) is 0 Å². The fourth-order valence-electron chi connectivity index (χ4n) is 2.41. The van der Waals surface area contributed by atoms with Crippen LogP contribution in [0.15, 0.2) is 0 Å². The Hall–Kier alpha value is 0.310. The standard InChI is InChI=1S/C9H16OS/c1-11-9-5-3-2-4-8(9)10-7-6-9/h8H,2-7H2,1H3. The minimum atomic E-state index is 0.526. The zero-order chi connectivity index (χ0) is 7.73. The van der Waals surface area contributed by atoms with E-state index in [9.17, 15) is 0 Å². The molecule has 0 aromatic heterocycles. The predicted molar refractivity (Wildman–Crippen MR) is 49.1 cm³/mol. The first-order valence-electron chi connectivity index (χ1n) is 4.54. The number of hydrogen-bond donors (Lipinski definition) is 0. The second-order valence-electron chi connectivity index (χ2n) is 3.62. The number of ether oxygens (including phenoxy) is 1. The molecule has 1 aliphatic heterocycles. The molecule has 2 atom stereocenters. The van der Waals surface area contributed by atoms with E-state index in [-0.39, 0.29) is 0 Å². The van der Waals surface area contributed by atoms with Gasteiger partial charge in [-0.3, -0.25) is 0 Å². The Morgan fingerprint density at radius 2 is 2.27 bits per heavy atom. The van der Waals surface area contributed by atoms with Crippen LogP contribution < -0.4 is 0 Å². The highest BCUT2D eigenvalue weighted by Crippen LogP contribution is 2.46. The molecule has 64 valence electrons. The maximum absolute atomic E-state index is 5.73. The summed E-state index contributed by atoms with van der Waals surface area (Å²) in [5.41, 5.74) is 0. The molecule has 0 N–H and O–H groups in total. The van der Waals surface area contributed by atoms with Crippen LogP contribution in [0.1, 0.15) is 32.1 Å². The molecule has 0 aromatic carbocycles. The van der Waals surface area contributed by atoms with E-state index in [0.717, 1.165) is 6.61 Å². The first kappa shape index (κ1) is 7.93. The summed E-state index contributed by atoms with van der Waals surface area (Å²) < 4.78 is 6.26. The van der Waals surface area contributed by atoms with E-state index in [0.29, 0.717) is 10.9 Å². The summed E-state index contributed by atoms with van der Waals surface area (Å²) >= 11 is 2.04. The third-order valence-corrected chi connectivity index (χ3v) is 4.64. The Bertz CT molecular complexity index is 148. The van der Waals surface area contributed by atoms with Gasteiger partial charge in [0.25, 0.3) is 0 Å². The SMILES string of the molecule is CSC12CCCCC1OCC2. The highest BCUT2D eigenvalue weighted by atomic mass is 32.2. The van der Waals surface area contributed by atoms with E-state index in [2.05, 4.69) is 6.26 Å². The molecule has 2 fully saturated rings. The van der Waals surface area contributed by atoms with Crippen LogP contribution in [0.25, 0.3) is 0 Å². The molecule has 1 nitrogen and oxygen atoms in total. The monoisotopic (exact) mass is 172 g/mol. The molecule has 1 saturated carbocycles. The molecular weight excluding hydrogens is 156 g/mol. The normalized spacial score (nSPS) is 43.9. The van der Waals surface area contributed by atoms with Crippen LogP contribution in [0, 0.1) is 0 Å². The Labute approximate surface area is 72.9 Å². The molecule has 0 bridgehead atoms. The highest BCUT2D eigenvalue weighted by molar-refractivity contribution is 8.00. The van der Waals surface area contributed by atoms with Crippen molar-refractivity contribution in [1.82, 2.24) is 0 Å². The van der Waals surface area contributed by atoms with Gasteiger partial charge in [-0.25, -0.2) is 0 Å². The summed E-state index contributed by atoms with van der Waals surface area (Å²) in [6.45, 7) is 1.01. The van der Waals surface area contributed by atoms with Crippen molar-refractivity contribution in [3.05, 3.63) is 0 Å². The van der Waals surface area contributed by atoms with Crippen LogP contribution in [0.2, 0.25) is 0 Å². The van der Waals surface area contributed by atoms with Gasteiger partial charge in [0.15, 0.2) is 0 Å². The van der Waals surface area contributed by atoms with Crippen molar-refractivity contribution in [2.24, 2.45) is 0 Å². The first-order chi connectivity index (χ1) is 5.37. The van der Waals surface area contributed by atoms with Gasteiger partial charge in [0, 0.05) is 11.4 Å². The van der Waals surface area contributed by atoms with Crippen molar-refractivity contribution >= 4 is 11.8 Å². The van der Waals surface area contributed by atoms with Crippen LogP contribution in [-0.4, -0.2) is 23.7 Å². The lowest BCUT2D eigenvalue weighted by Gasteiger charge is -2.36. The average Bonchev–Trinajstić information content (AvgIpc) is 2.48. The molecule has 0 spiro atoms. The van der Waals surface area contributed by atoms with Crippen molar-refractivity contribution in [2.75, 3.05) is 12.9 Å².